The predicted molar refractivity (Wildman–Crippen MR) is 77.3 cm³/mol. The van der Waals surface area contributed by atoms with Crippen LogP contribution in [0.5, 0.6) is 0 Å². The van der Waals surface area contributed by atoms with E-state index in [0.717, 1.165) is 38.2 Å². The van der Waals surface area contributed by atoms with Crippen molar-refractivity contribution < 1.29 is 9.13 Å². The van der Waals surface area contributed by atoms with E-state index in [1.54, 1.807) is 6.07 Å². The molecular formula is C15H22FN3O. The molecule has 0 bridgehead atoms. The molecular weight excluding hydrogens is 257 g/mol. The Morgan fingerprint density at radius 3 is 2.75 bits per heavy atom. The normalized spacial score (nSPS) is 16.6. The summed E-state index contributed by atoms with van der Waals surface area (Å²) in [5.74, 6) is 0.208. The van der Waals surface area contributed by atoms with Crippen LogP contribution in [0.4, 0.5) is 4.39 Å². The van der Waals surface area contributed by atoms with Crippen molar-refractivity contribution in [3.63, 3.8) is 0 Å². The first-order valence-corrected chi connectivity index (χ1v) is 6.95. The van der Waals surface area contributed by atoms with Crippen LogP contribution in [0, 0.1) is 17.1 Å². The highest BCUT2D eigenvalue weighted by Crippen LogP contribution is 2.17. The van der Waals surface area contributed by atoms with Crippen molar-refractivity contribution in [2.45, 2.75) is 19.4 Å². The molecule has 0 unspecified atom stereocenters. The van der Waals surface area contributed by atoms with Gasteiger partial charge in [-0.1, -0.05) is 0 Å². The van der Waals surface area contributed by atoms with Crippen LogP contribution in [0.1, 0.15) is 24.0 Å². The topological polar surface area (TPSA) is 62.3 Å². The van der Waals surface area contributed by atoms with E-state index in [-0.39, 0.29) is 11.7 Å². The zero-order valence-electron chi connectivity index (χ0n) is 11.9. The van der Waals surface area contributed by atoms with Gasteiger partial charge in [0, 0.05) is 31.9 Å². The maximum Gasteiger partial charge on any atom is 0.124 e. The summed E-state index contributed by atoms with van der Waals surface area (Å²) in [6.45, 7) is 3.32. The Kier molecular flexibility index (Phi) is 5.09. The lowest BCUT2D eigenvalue weighted by Gasteiger charge is -2.27. The molecule has 3 N–H and O–H groups in total. The van der Waals surface area contributed by atoms with Crippen LogP contribution >= 0.6 is 0 Å². The summed E-state index contributed by atoms with van der Waals surface area (Å²) in [6.07, 6.45) is 2.18. The number of hydrogen-bond donors (Lipinski definition) is 2. The molecule has 1 saturated heterocycles. The fourth-order valence-electron chi connectivity index (χ4n) is 2.64. The molecule has 1 fully saturated rings. The van der Waals surface area contributed by atoms with Crippen LogP contribution in [0.3, 0.4) is 0 Å². The van der Waals surface area contributed by atoms with E-state index in [2.05, 4.69) is 4.90 Å². The highest BCUT2D eigenvalue weighted by molar-refractivity contribution is 5.95. The minimum atomic E-state index is -0.341. The van der Waals surface area contributed by atoms with E-state index in [0.29, 0.717) is 18.0 Å². The minimum absolute atomic E-state index is 0.0992. The van der Waals surface area contributed by atoms with E-state index in [1.165, 1.54) is 12.1 Å². The van der Waals surface area contributed by atoms with E-state index < -0.39 is 0 Å². The molecule has 1 aromatic carbocycles. The first kappa shape index (κ1) is 14.9. The van der Waals surface area contributed by atoms with Gasteiger partial charge < -0.3 is 15.4 Å². The van der Waals surface area contributed by atoms with Crippen LogP contribution in [-0.4, -0.2) is 37.5 Å². The molecule has 0 spiro atoms. The zero-order valence-corrected chi connectivity index (χ0v) is 11.9. The summed E-state index contributed by atoms with van der Waals surface area (Å²) in [7, 11) is 2.04. The highest BCUT2D eigenvalue weighted by Gasteiger charge is 2.16. The molecule has 20 heavy (non-hydrogen) atoms. The SMILES string of the molecule is CN(Cc1cc(F)cc(C(=N)N)c1)CC1CCOCC1. The molecule has 1 aliphatic rings. The molecule has 2 rings (SSSR count). The summed E-state index contributed by atoms with van der Waals surface area (Å²) >= 11 is 0. The van der Waals surface area contributed by atoms with Crippen molar-refractivity contribution in [1.29, 1.82) is 5.41 Å². The van der Waals surface area contributed by atoms with Crippen LogP contribution < -0.4 is 5.73 Å². The monoisotopic (exact) mass is 279 g/mol. The molecule has 110 valence electrons. The summed E-state index contributed by atoms with van der Waals surface area (Å²) in [5, 5.41) is 7.40. The lowest BCUT2D eigenvalue weighted by atomic mass is 9.99. The number of benzene rings is 1. The Balaban J connectivity index is 1.96. The Morgan fingerprint density at radius 1 is 1.40 bits per heavy atom. The van der Waals surface area contributed by atoms with Crippen LogP contribution in [0.25, 0.3) is 0 Å². The molecule has 4 nitrogen and oxygen atoms in total. The molecule has 0 amide bonds. The van der Waals surface area contributed by atoms with E-state index in [9.17, 15) is 4.39 Å². The fraction of sp³-hybridized carbons (Fsp3) is 0.533. The summed E-state index contributed by atoms with van der Waals surface area (Å²) in [6, 6.07) is 4.59. The smallest absolute Gasteiger partial charge is 0.124 e. The molecule has 1 aliphatic heterocycles. The van der Waals surface area contributed by atoms with Crippen molar-refractivity contribution >= 4 is 5.84 Å². The van der Waals surface area contributed by atoms with Crippen LogP contribution in [0.15, 0.2) is 18.2 Å². The molecule has 5 heteroatoms. The third-order valence-electron chi connectivity index (χ3n) is 3.63. The number of nitrogens with one attached hydrogen (secondary N) is 1. The lowest BCUT2D eigenvalue weighted by molar-refractivity contribution is 0.0549. The summed E-state index contributed by atoms with van der Waals surface area (Å²) < 4.78 is 18.9. The van der Waals surface area contributed by atoms with Crippen molar-refractivity contribution in [2.24, 2.45) is 11.7 Å². The number of nitrogens with zero attached hydrogens (tertiary/aromatic N) is 1. The fourth-order valence-corrected chi connectivity index (χ4v) is 2.64. The zero-order chi connectivity index (χ0) is 14.5. The van der Waals surface area contributed by atoms with Gasteiger partial charge >= 0.3 is 0 Å². The Bertz CT molecular complexity index is 472. The van der Waals surface area contributed by atoms with Gasteiger partial charge in [0.2, 0.25) is 0 Å². The van der Waals surface area contributed by atoms with E-state index >= 15 is 0 Å². The average Bonchev–Trinajstić information content (AvgIpc) is 2.38. The molecule has 0 saturated carbocycles. The van der Waals surface area contributed by atoms with Gasteiger partial charge in [-0.25, -0.2) is 4.39 Å². The minimum Gasteiger partial charge on any atom is -0.384 e. The number of rotatable bonds is 5. The first-order chi connectivity index (χ1) is 9.54. The number of amidine groups is 1. The predicted octanol–water partition coefficient (Wildman–Crippen LogP) is 1.97. The van der Waals surface area contributed by atoms with E-state index in [4.69, 9.17) is 15.9 Å². The second-order valence-corrected chi connectivity index (χ2v) is 5.51. The quantitative estimate of drug-likeness (QED) is 0.640. The van der Waals surface area contributed by atoms with Gasteiger partial charge in [-0.05, 0) is 49.6 Å². The average molecular weight is 279 g/mol. The lowest BCUT2D eigenvalue weighted by Crippen LogP contribution is -2.29. The molecule has 0 radical (unpaired) electrons. The summed E-state index contributed by atoms with van der Waals surface area (Å²) in [4.78, 5) is 2.19. The number of hydrogen-bond acceptors (Lipinski definition) is 3. The molecule has 0 atom stereocenters. The van der Waals surface area contributed by atoms with Gasteiger partial charge in [0.15, 0.2) is 0 Å². The van der Waals surface area contributed by atoms with Gasteiger partial charge in [-0.3, -0.25) is 5.41 Å². The molecule has 1 aromatic rings. The number of halogens is 1. The Hall–Kier alpha value is -1.46. The van der Waals surface area contributed by atoms with Crippen LogP contribution in [-0.2, 0) is 11.3 Å². The third-order valence-corrected chi connectivity index (χ3v) is 3.63. The maximum atomic E-state index is 13.5. The van der Waals surface area contributed by atoms with Crippen molar-refractivity contribution in [3.05, 3.63) is 35.1 Å². The number of nitrogen functional groups attached to an aromatic ring is 1. The molecule has 1 heterocycles. The second kappa shape index (κ2) is 6.81. The standard InChI is InChI=1S/C15H22FN3O/c1-19(9-11-2-4-20-5-3-11)10-12-6-13(15(17)18)8-14(16)7-12/h6-8,11H,2-5,9-10H2,1H3,(H3,17,18). The highest BCUT2D eigenvalue weighted by atomic mass is 19.1. The summed E-state index contributed by atoms with van der Waals surface area (Å²) in [5.41, 5.74) is 6.72. The maximum absolute atomic E-state index is 13.5. The van der Waals surface area contributed by atoms with Gasteiger partial charge in [0.25, 0.3) is 0 Å². The van der Waals surface area contributed by atoms with Gasteiger partial charge in [0.05, 0.1) is 0 Å². The van der Waals surface area contributed by atoms with Crippen molar-refractivity contribution in [2.75, 3.05) is 26.8 Å². The molecule has 0 aliphatic carbocycles. The first-order valence-electron chi connectivity index (χ1n) is 6.95. The largest absolute Gasteiger partial charge is 0.384 e. The van der Waals surface area contributed by atoms with Crippen molar-refractivity contribution in [1.82, 2.24) is 4.90 Å². The number of ether oxygens (including phenoxy) is 1. The van der Waals surface area contributed by atoms with Crippen molar-refractivity contribution in [3.8, 4) is 0 Å². The van der Waals surface area contributed by atoms with Crippen LogP contribution in [0.2, 0.25) is 0 Å². The Labute approximate surface area is 119 Å². The molecule has 0 aromatic heterocycles. The van der Waals surface area contributed by atoms with Gasteiger partial charge in [-0.2, -0.15) is 0 Å². The second-order valence-electron chi connectivity index (χ2n) is 5.51. The third kappa shape index (κ3) is 4.28. The van der Waals surface area contributed by atoms with Gasteiger partial charge in [-0.15, -0.1) is 0 Å². The number of nitrogens with two attached hydrogens (primary N) is 1. The van der Waals surface area contributed by atoms with Gasteiger partial charge in [0.1, 0.15) is 11.7 Å². The van der Waals surface area contributed by atoms with E-state index in [1.807, 2.05) is 7.05 Å². The Morgan fingerprint density at radius 2 is 2.10 bits per heavy atom.